The lowest BCUT2D eigenvalue weighted by Gasteiger charge is -1.99. The Labute approximate surface area is 83.6 Å². The highest BCUT2D eigenvalue weighted by Crippen LogP contribution is 2.40. The molecular weight excluding hydrogens is 204 g/mol. The summed E-state index contributed by atoms with van der Waals surface area (Å²) in [5, 5.41) is 21.3. The average Bonchev–Trinajstić information content (AvgIpc) is 2.99. The second kappa shape index (κ2) is 3.28. The summed E-state index contributed by atoms with van der Waals surface area (Å²) in [6.07, 6.45) is -0.370. The molecule has 0 saturated carbocycles. The zero-order valence-electron chi connectivity index (χ0n) is 7.45. The van der Waals surface area contributed by atoms with Crippen molar-refractivity contribution in [2.24, 2.45) is 0 Å². The molecule has 1 fully saturated rings. The van der Waals surface area contributed by atoms with Crippen molar-refractivity contribution in [3.05, 3.63) is 44.0 Å². The van der Waals surface area contributed by atoms with Crippen molar-refractivity contribution in [1.82, 2.24) is 0 Å². The van der Waals surface area contributed by atoms with Crippen molar-refractivity contribution in [1.29, 1.82) is 0 Å². The molecule has 1 aliphatic heterocycles. The van der Waals surface area contributed by atoms with Gasteiger partial charge in [-0.25, -0.2) is 0 Å². The Kier molecular flexibility index (Phi) is 2.09. The minimum atomic E-state index is -0.760. The van der Waals surface area contributed by atoms with E-state index in [1.165, 1.54) is 12.1 Å². The van der Waals surface area contributed by atoms with Crippen LogP contribution in [0.15, 0.2) is 18.2 Å². The third-order valence-electron chi connectivity index (χ3n) is 2.11. The maximum absolute atomic E-state index is 10.7. The Morgan fingerprint density at radius 2 is 1.93 bits per heavy atom. The summed E-state index contributed by atoms with van der Waals surface area (Å²) in [4.78, 5) is 19.8. The summed E-state index contributed by atoms with van der Waals surface area (Å²) in [5.41, 5.74) is -0.688. The van der Waals surface area contributed by atoms with Crippen molar-refractivity contribution in [2.45, 2.75) is 6.10 Å². The number of epoxide rings is 1. The first-order valence-electron chi connectivity index (χ1n) is 4.14. The molecule has 0 aliphatic carbocycles. The van der Waals surface area contributed by atoms with Crippen LogP contribution in [0.5, 0.6) is 0 Å². The van der Waals surface area contributed by atoms with Crippen LogP contribution in [0, 0.1) is 20.2 Å². The highest BCUT2D eigenvalue weighted by molar-refractivity contribution is 5.59. The fourth-order valence-electron chi connectivity index (χ4n) is 1.38. The van der Waals surface area contributed by atoms with Crippen LogP contribution < -0.4 is 0 Å². The van der Waals surface area contributed by atoms with Gasteiger partial charge in [-0.15, -0.1) is 0 Å². The molecule has 15 heavy (non-hydrogen) atoms. The number of nitro groups is 2. The van der Waals surface area contributed by atoms with E-state index in [9.17, 15) is 20.2 Å². The van der Waals surface area contributed by atoms with Crippen LogP contribution in [-0.2, 0) is 4.74 Å². The van der Waals surface area contributed by atoms with Crippen LogP contribution in [0.1, 0.15) is 11.7 Å². The molecule has 1 atom stereocenters. The third kappa shape index (κ3) is 1.64. The fourth-order valence-corrected chi connectivity index (χ4v) is 1.38. The van der Waals surface area contributed by atoms with Crippen molar-refractivity contribution in [3.8, 4) is 0 Å². The zero-order valence-corrected chi connectivity index (χ0v) is 7.45. The quantitative estimate of drug-likeness (QED) is 0.428. The van der Waals surface area contributed by atoms with Crippen LogP contribution >= 0.6 is 0 Å². The molecule has 1 aromatic carbocycles. The monoisotopic (exact) mass is 210 g/mol. The Bertz CT molecular complexity index is 441. The molecule has 0 bridgehead atoms. The van der Waals surface area contributed by atoms with Gasteiger partial charge in [0.15, 0.2) is 0 Å². The van der Waals surface area contributed by atoms with Gasteiger partial charge >= 0.3 is 11.4 Å². The van der Waals surface area contributed by atoms with Crippen molar-refractivity contribution < 1.29 is 14.6 Å². The fraction of sp³-hybridized carbons (Fsp3) is 0.250. The smallest absolute Gasteiger partial charge is 0.351 e. The van der Waals surface area contributed by atoms with Gasteiger partial charge in [0.05, 0.1) is 22.0 Å². The zero-order chi connectivity index (χ0) is 11.0. The molecule has 0 radical (unpaired) electrons. The van der Waals surface area contributed by atoms with Crippen molar-refractivity contribution in [3.63, 3.8) is 0 Å². The summed E-state index contributed by atoms with van der Waals surface area (Å²) in [6.45, 7) is 0.377. The summed E-state index contributed by atoms with van der Waals surface area (Å²) >= 11 is 0. The molecule has 1 aliphatic rings. The topological polar surface area (TPSA) is 98.8 Å². The number of para-hydroxylation sites is 1. The predicted molar refractivity (Wildman–Crippen MR) is 48.4 cm³/mol. The van der Waals surface area contributed by atoms with Crippen molar-refractivity contribution >= 4 is 11.4 Å². The number of nitro benzene ring substituents is 2. The Morgan fingerprint density at radius 1 is 1.27 bits per heavy atom. The lowest BCUT2D eigenvalue weighted by atomic mass is 10.1. The molecule has 1 unspecified atom stereocenters. The first-order chi connectivity index (χ1) is 7.11. The molecule has 0 amide bonds. The minimum Gasteiger partial charge on any atom is -0.368 e. The van der Waals surface area contributed by atoms with E-state index < -0.39 is 21.2 Å². The summed E-state index contributed by atoms with van der Waals surface area (Å²) in [6, 6.07) is 4.01. The standard InChI is InChI=1S/C8H6N2O5/c11-9(12)6-3-1-2-5(7-4-15-7)8(6)10(13)14/h1-3,7H,4H2. The first kappa shape index (κ1) is 9.53. The molecule has 0 N–H and O–H groups in total. The number of nitrogens with zero attached hydrogens (tertiary/aromatic N) is 2. The lowest BCUT2D eigenvalue weighted by Crippen LogP contribution is -2.00. The molecule has 7 nitrogen and oxygen atoms in total. The minimum absolute atomic E-state index is 0.272. The van der Waals surface area contributed by atoms with E-state index in [2.05, 4.69) is 0 Å². The van der Waals surface area contributed by atoms with Gasteiger partial charge in [0, 0.05) is 6.07 Å². The third-order valence-corrected chi connectivity index (χ3v) is 2.11. The Morgan fingerprint density at radius 3 is 2.40 bits per heavy atom. The Balaban J connectivity index is 2.59. The Hall–Kier alpha value is -2.02. The molecule has 78 valence electrons. The number of hydrogen-bond donors (Lipinski definition) is 0. The van der Waals surface area contributed by atoms with E-state index in [0.29, 0.717) is 6.61 Å². The van der Waals surface area contributed by atoms with E-state index >= 15 is 0 Å². The maximum Gasteiger partial charge on any atom is 0.351 e. The molecule has 1 aromatic rings. The number of rotatable bonds is 3. The molecule has 1 heterocycles. The molecule has 1 saturated heterocycles. The first-order valence-corrected chi connectivity index (χ1v) is 4.14. The van der Waals surface area contributed by atoms with Gasteiger partial charge < -0.3 is 4.74 Å². The van der Waals surface area contributed by atoms with Crippen molar-refractivity contribution in [2.75, 3.05) is 6.61 Å². The maximum atomic E-state index is 10.7. The van der Waals surface area contributed by atoms with E-state index in [0.717, 1.165) is 6.07 Å². The van der Waals surface area contributed by atoms with Gasteiger partial charge in [-0.2, -0.15) is 0 Å². The van der Waals surface area contributed by atoms with Gasteiger partial charge in [0.2, 0.25) is 0 Å². The van der Waals surface area contributed by atoms with Gasteiger partial charge in [-0.05, 0) is 6.07 Å². The summed E-state index contributed by atoms with van der Waals surface area (Å²) in [5.74, 6) is 0. The predicted octanol–water partition coefficient (Wildman–Crippen LogP) is 1.57. The SMILES string of the molecule is O=[N+]([O-])c1cccc(C2CO2)c1[N+](=O)[O-]. The van der Waals surface area contributed by atoms with Crippen LogP contribution in [-0.4, -0.2) is 16.5 Å². The van der Waals surface area contributed by atoms with Crippen LogP contribution in [0.3, 0.4) is 0 Å². The van der Waals surface area contributed by atoms with E-state index in [1.807, 2.05) is 0 Å². The highest BCUT2D eigenvalue weighted by Gasteiger charge is 2.37. The van der Waals surface area contributed by atoms with Crippen LogP contribution in [0.25, 0.3) is 0 Å². The second-order valence-corrected chi connectivity index (χ2v) is 3.05. The summed E-state index contributed by atoms with van der Waals surface area (Å²) in [7, 11) is 0. The highest BCUT2D eigenvalue weighted by atomic mass is 16.6. The van der Waals surface area contributed by atoms with E-state index in [4.69, 9.17) is 4.74 Å². The lowest BCUT2D eigenvalue weighted by molar-refractivity contribution is -0.423. The van der Waals surface area contributed by atoms with Gasteiger partial charge in [-0.3, -0.25) is 20.2 Å². The van der Waals surface area contributed by atoms with E-state index in [-0.39, 0.29) is 11.7 Å². The largest absolute Gasteiger partial charge is 0.368 e. The molecule has 0 spiro atoms. The average molecular weight is 210 g/mol. The summed E-state index contributed by atoms with van der Waals surface area (Å²) < 4.78 is 4.89. The molecule has 0 aromatic heterocycles. The number of benzene rings is 1. The number of ether oxygens (including phenoxy) is 1. The second-order valence-electron chi connectivity index (χ2n) is 3.05. The molecule has 2 rings (SSSR count). The normalized spacial score (nSPS) is 18.5. The molecule has 7 heteroatoms. The van der Waals surface area contributed by atoms with Gasteiger partial charge in [-0.1, -0.05) is 6.07 Å². The molecular formula is C8H6N2O5. The van der Waals surface area contributed by atoms with Crippen LogP contribution in [0.2, 0.25) is 0 Å². The van der Waals surface area contributed by atoms with Crippen LogP contribution in [0.4, 0.5) is 11.4 Å². The number of hydrogen-bond acceptors (Lipinski definition) is 5. The van der Waals surface area contributed by atoms with E-state index in [1.54, 1.807) is 0 Å². The van der Waals surface area contributed by atoms with Gasteiger partial charge in [0.25, 0.3) is 0 Å². The van der Waals surface area contributed by atoms with Gasteiger partial charge in [0.1, 0.15) is 6.10 Å².